The molecule has 0 bridgehead atoms. The van der Waals surface area contributed by atoms with Crippen LogP contribution in [0.4, 0.5) is 5.69 Å². The highest BCUT2D eigenvalue weighted by atomic mass is 32.1. The summed E-state index contributed by atoms with van der Waals surface area (Å²) in [5.41, 5.74) is 0.813. The van der Waals surface area contributed by atoms with Crippen molar-refractivity contribution in [3.8, 4) is 0 Å². The molecule has 0 aromatic carbocycles. The average Bonchev–Trinajstić information content (AvgIpc) is 2.77. The second kappa shape index (κ2) is 6.47. The lowest BCUT2D eigenvalue weighted by Gasteiger charge is -2.20. The minimum absolute atomic E-state index is 0.00338. The van der Waals surface area contributed by atoms with Gasteiger partial charge in [-0.1, -0.05) is 0 Å². The fraction of sp³-hybridized carbons (Fsp3) is 0.500. The number of thiophene rings is 1. The van der Waals surface area contributed by atoms with Crippen LogP contribution < -0.4 is 4.90 Å². The first kappa shape index (κ1) is 13.0. The predicted octanol–water partition coefficient (Wildman–Crippen LogP) is 0.326. The minimum Gasteiger partial charge on any atom is -0.465 e. The van der Waals surface area contributed by atoms with Crippen molar-refractivity contribution in [2.24, 2.45) is 0 Å². The average molecular weight is 245 g/mol. The van der Waals surface area contributed by atoms with Gasteiger partial charge in [-0.25, -0.2) is 4.79 Å². The van der Waals surface area contributed by atoms with Gasteiger partial charge in [0.25, 0.3) is 0 Å². The van der Waals surface area contributed by atoms with E-state index in [-0.39, 0.29) is 19.2 Å². The SMILES string of the molecule is COC(=O)c1cc(N(CCO)CCO)cs1. The number of methoxy groups -OCH3 is 1. The molecule has 2 N–H and O–H groups in total. The lowest BCUT2D eigenvalue weighted by Crippen LogP contribution is -2.29. The third-order valence-corrected chi connectivity index (χ3v) is 2.97. The second-order valence-corrected chi connectivity index (χ2v) is 4.01. The molecule has 0 spiro atoms. The lowest BCUT2D eigenvalue weighted by atomic mass is 10.3. The van der Waals surface area contributed by atoms with Crippen LogP contribution in [-0.4, -0.2) is 49.6 Å². The van der Waals surface area contributed by atoms with E-state index in [1.54, 1.807) is 11.4 Å². The van der Waals surface area contributed by atoms with Crippen molar-refractivity contribution in [3.05, 3.63) is 16.3 Å². The molecule has 0 radical (unpaired) electrons. The number of hydrogen-bond donors (Lipinski definition) is 2. The molecule has 0 amide bonds. The first-order valence-electron chi connectivity index (χ1n) is 4.86. The van der Waals surface area contributed by atoms with Gasteiger partial charge >= 0.3 is 5.97 Å². The molecule has 90 valence electrons. The molecule has 0 saturated carbocycles. The number of nitrogens with zero attached hydrogens (tertiary/aromatic N) is 1. The zero-order valence-electron chi connectivity index (χ0n) is 9.05. The van der Waals surface area contributed by atoms with Crippen molar-refractivity contribution in [1.82, 2.24) is 0 Å². The number of rotatable bonds is 6. The Kier molecular flexibility index (Phi) is 5.24. The van der Waals surface area contributed by atoms with Crippen molar-refractivity contribution < 1.29 is 19.7 Å². The number of aliphatic hydroxyl groups is 2. The minimum atomic E-state index is -0.371. The molecule has 6 heteroatoms. The van der Waals surface area contributed by atoms with E-state index in [0.29, 0.717) is 18.0 Å². The largest absolute Gasteiger partial charge is 0.465 e. The Morgan fingerprint density at radius 3 is 2.56 bits per heavy atom. The summed E-state index contributed by atoms with van der Waals surface area (Å²) < 4.78 is 4.60. The van der Waals surface area contributed by atoms with E-state index in [0.717, 1.165) is 5.69 Å². The first-order valence-corrected chi connectivity index (χ1v) is 5.74. The number of carbonyl (C=O) groups is 1. The van der Waals surface area contributed by atoms with Gasteiger partial charge in [0.05, 0.1) is 20.3 Å². The van der Waals surface area contributed by atoms with Crippen LogP contribution in [0.2, 0.25) is 0 Å². The molecular formula is C10H15NO4S. The zero-order chi connectivity index (χ0) is 12.0. The van der Waals surface area contributed by atoms with Crippen molar-refractivity contribution >= 4 is 23.0 Å². The third-order valence-electron chi connectivity index (χ3n) is 2.08. The molecule has 0 fully saturated rings. The summed E-state index contributed by atoms with van der Waals surface area (Å²) in [7, 11) is 1.33. The first-order chi connectivity index (χ1) is 7.72. The maximum absolute atomic E-state index is 11.2. The standard InChI is InChI=1S/C10H15NO4S/c1-15-10(14)9-6-8(7-16-9)11(2-4-12)3-5-13/h6-7,12-13H,2-5H2,1H3. The second-order valence-electron chi connectivity index (χ2n) is 3.09. The van der Waals surface area contributed by atoms with Crippen LogP contribution in [0.3, 0.4) is 0 Å². The highest BCUT2D eigenvalue weighted by Crippen LogP contribution is 2.23. The van der Waals surface area contributed by atoms with Crippen LogP contribution in [0, 0.1) is 0 Å². The maximum Gasteiger partial charge on any atom is 0.348 e. The van der Waals surface area contributed by atoms with Crippen LogP contribution in [0.25, 0.3) is 0 Å². The van der Waals surface area contributed by atoms with Gasteiger partial charge in [0.1, 0.15) is 4.88 Å². The van der Waals surface area contributed by atoms with Crippen molar-refractivity contribution in [1.29, 1.82) is 0 Å². The number of ether oxygens (including phenoxy) is 1. The van der Waals surface area contributed by atoms with Gasteiger partial charge in [-0.05, 0) is 6.07 Å². The summed E-state index contributed by atoms with van der Waals surface area (Å²) in [4.78, 5) is 13.6. The Morgan fingerprint density at radius 1 is 1.44 bits per heavy atom. The van der Waals surface area contributed by atoms with E-state index in [1.165, 1.54) is 18.4 Å². The topological polar surface area (TPSA) is 70.0 Å². The number of esters is 1. The number of hydrogen-bond acceptors (Lipinski definition) is 6. The summed E-state index contributed by atoms with van der Waals surface area (Å²) in [5.74, 6) is -0.371. The van der Waals surface area contributed by atoms with Gasteiger partial charge in [-0.3, -0.25) is 0 Å². The number of anilines is 1. The van der Waals surface area contributed by atoms with Crippen molar-refractivity contribution in [2.75, 3.05) is 38.3 Å². The molecule has 0 saturated heterocycles. The lowest BCUT2D eigenvalue weighted by molar-refractivity contribution is 0.0606. The quantitative estimate of drug-likeness (QED) is 0.707. The molecule has 16 heavy (non-hydrogen) atoms. The van der Waals surface area contributed by atoms with Crippen molar-refractivity contribution in [2.45, 2.75) is 0 Å². The zero-order valence-corrected chi connectivity index (χ0v) is 9.87. The summed E-state index contributed by atoms with van der Waals surface area (Å²) in [6, 6.07) is 1.70. The van der Waals surface area contributed by atoms with Crippen molar-refractivity contribution in [3.63, 3.8) is 0 Å². The van der Waals surface area contributed by atoms with Gasteiger partial charge in [0, 0.05) is 24.2 Å². The Balaban J connectivity index is 2.76. The Morgan fingerprint density at radius 2 is 2.06 bits per heavy atom. The normalized spacial score (nSPS) is 10.2. The number of aliphatic hydroxyl groups excluding tert-OH is 2. The summed E-state index contributed by atoms with van der Waals surface area (Å²) in [6.45, 7) is 0.864. The van der Waals surface area contributed by atoms with Gasteiger partial charge in [0.15, 0.2) is 0 Å². The third kappa shape index (κ3) is 3.19. The van der Waals surface area contributed by atoms with E-state index in [4.69, 9.17) is 10.2 Å². The molecule has 0 atom stereocenters. The molecule has 0 aliphatic heterocycles. The van der Waals surface area contributed by atoms with Crippen LogP contribution in [0.15, 0.2) is 11.4 Å². The van der Waals surface area contributed by atoms with Gasteiger partial charge in [-0.15, -0.1) is 11.3 Å². The molecule has 1 heterocycles. The predicted molar refractivity (Wildman–Crippen MR) is 62.0 cm³/mol. The fourth-order valence-corrected chi connectivity index (χ4v) is 2.14. The molecule has 5 nitrogen and oxygen atoms in total. The summed E-state index contributed by atoms with van der Waals surface area (Å²) in [6.07, 6.45) is 0. The maximum atomic E-state index is 11.2. The Labute approximate surface area is 97.9 Å². The molecule has 1 rings (SSSR count). The van der Waals surface area contributed by atoms with Gasteiger partial charge in [0.2, 0.25) is 0 Å². The monoisotopic (exact) mass is 245 g/mol. The molecule has 0 unspecified atom stereocenters. The highest BCUT2D eigenvalue weighted by Gasteiger charge is 2.12. The van der Waals surface area contributed by atoms with Crippen LogP contribution in [0.5, 0.6) is 0 Å². The van der Waals surface area contributed by atoms with Crippen LogP contribution in [-0.2, 0) is 4.74 Å². The molecule has 1 aromatic rings. The smallest absolute Gasteiger partial charge is 0.348 e. The van der Waals surface area contributed by atoms with E-state index in [2.05, 4.69) is 4.74 Å². The highest BCUT2D eigenvalue weighted by molar-refractivity contribution is 7.12. The van der Waals surface area contributed by atoms with E-state index >= 15 is 0 Å². The molecule has 0 aliphatic rings. The molecular weight excluding hydrogens is 230 g/mol. The van der Waals surface area contributed by atoms with Gasteiger partial charge < -0.3 is 19.8 Å². The van der Waals surface area contributed by atoms with Crippen LogP contribution in [0.1, 0.15) is 9.67 Å². The van der Waals surface area contributed by atoms with E-state index < -0.39 is 0 Å². The Bertz CT molecular complexity index is 333. The van der Waals surface area contributed by atoms with Crippen LogP contribution >= 0.6 is 11.3 Å². The summed E-state index contributed by atoms with van der Waals surface area (Å²) in [5, 5.41) is 19.6. The summed E-state index contributed by atoms with van der Waals surface area (Å²) >= 11 is 1.28. The Hall–Kier alpha value is -1.11. The van der Waals surface area contributed by atoms with Gasteiger partial charge in [-0.2, -0.15) is 0 Å². The fourth-order valence-electron chi connectivity index (χ4n) is 1.31. The van der Waals surface area contributed by atoms with E-state index in [1.807, 2.05) is 4.90 Å². The molecule has 1 aromatic heterocycles. The molecule has 0 aliphatic carbocycles. The number of carbonyl (C=O) groups excluding carboxylic acids is 1. The van der Waals surface area contributed by atoms with E-state index in [9.17, 15) is 4.79 Å².